The molecule has 0 aliphatic heterocycles. The van der Waals surface area contributed by atoms with Gasteiger partial charge in [0.05, 0.1) is 12.7 Å². The summed E-state index contributed by atoms with van der Waals surface area (Å²) >= 11 is 0. The quantitative estimate of drug-likeness (QED) is 0.585. The van der Waals surface area contributed by atoms with Crippen LogP contribution in [0.2, 0.25) is 0 Å². The second kappa shape index (κ2) is 8.60. The Morgan fingerprint density at radius 1 is 1.06 bits per heavy atom. The summed E-state index contributed by atoms with van der Waals surface area (Å²) in [5.74, 6) is 0.274. The van der Waals surface area contributed by atoms with E-state index in [4.69, 9.17) is 9.47 Å². The fourth-order valence-electron chi connectivity index (χ4n) is 3.74. The molecule has 0 fully saturated rings. The molecular formula is C25H22FNO4. The molecule has 5 nitrogen and oxygen atoms in total. The van der Waals surface area contributed by atoms with Gasteiger partial charge in [-0.1, -0.05) is 19.1 Å². The lowest BCUT2D eigenvalue weighted by Gasteiger charge is -2.12. The van der Waals surface area contributed by atoms with Crippen LogP contribution in [-0.4, -0.2) is 18.8 Å². The number of benzene rings is 3. The van der Waals surface area contributed by atoms with E-state index in [-0.39, 0.29) is 30.0 Å². The van der Waals surface area contributed by atoms with E-state index in [1.54, 1.807) is 55.6 Å². The number of ketones is 1. The van der Waals surface area contributed by atoms with Crippen LogP contribution in [0.4, 0.5) is 10.1 Å². The van der Waals surface area contributed by atoms with Gasteiger partial charge < -0.3 is 14.8 Å². The maximum Gasteiger partial charge on any atom is 0.255 e. The molecule has 1 atom stereocenters. The smallest absolute Gasteiger partial charge is 0.255 e. The first kappa shape index (κ1) is 20.6. The molecular weight excluding hydrogens is 397 g/mol. The predicted molar refractivity (Wildman–Crippen MR) is 115 cm³/mol. The first-order chi connectivity index (χ1) is 15.0. The van der Waals surface area contributed by atoms with Crippen molar-refractivity contribution in [3.05, 3.63) is 88.7 Å². The Morgan fingerprint density at radius 3 is 2.45 bits per heavy atom. The molecule has 0 saturated heterocycles. The van der Waals surface area contributed by atoms with Crippen molar-refractivity contribution in [1.29, 1.82) is 0 Å². The Morgan fingerprint density at radius 2 is 1.77 bits per heavy atom. The molecule has 0 radical (unpaired) electrons. The van der Waals surface area contributed by atoms with Gasteiger partial charge in [-0.2, -0.15) is 0 Å². The summed E-state index contributed by atoms with van der Waals surface area (Å²) < 4.78 is 25.1. The summed E-state index contributed by atoms with van der Waals surface area (Å²) in [5.41, 5.74) is 2.79. The van der Waals surface area contributed by atoms with Gasteiger partial charge >= 0.3 is 0 Å². The van der Waals surface area contributed by atoms with E-state index in [0.29, 0.717) is 40.3 Å². The van der Waals surface area contributed by atoms with Crippen molar-refractivity contribution in [3.63, 3.8) is 0 Å². The largest absolute Gasteiger partial charge is 0.497 e. The van der Waals surface area contributed by atoms with Crippen LogP contribution in [0.15, 0.2) is 60.7 Å². The summed E-state index contributed by atoms with van der Waals surface area (Å²) in [6, 6.07) is 16.9. The van der Waals surface area contributed by atoms with E-state index >= 15 is 0 Å². The lowest BCUT2D eigenvalue weighted by atomic mass is 10.0. The molecule has 0 spiro atoms. The molecule has 1 amide bonds. The van der Waals surface area contributed by atoms with Crippen molar-refractivity contribution < 1.29 is 23.5 Å². The zero-order valence-electron chi connectivity index (χ0n) is 17.3. The highest BCUT2D eigenvalue weighted by molar-refractivity contribution is 6.04. The van der Waals surface area contributed by atoms with E-state index < -0.39 is 0 Å². The number of hydrogen-bond acceptors (Lipinski definition) is 4. The normalized spacial score (nSPS) is 14.8. The molecule has 1 aliphatic rings. The monoisotopic (exact) mass is 419 g/mol. The first-order valence-electron chi connectivity index (χ1n) is 9.99. The Balaban J connectivity index is 1.41. The molecule has 6 heteroatoms. The zero-order valence-corrected chi connectivity index (χ0v) is 17.3. The maximum absolute atomic E-state index is 14.1. The van der Waals surface area contributed by atoms with Crippen LogP contribution in [0.1, 0.15) is 51.1 Å². The summed E-state index contributed by atoms with van der Waals surface area (Å²) in [6.45, 7) is 2.05. The Kier molecular flexibility index (Phi) is 5.71. The van der Waals surface area contributed by atoms with E-state index in [9.17, 15) is 14.0 Å². The number of carbonyl (C=O) groups is 2. The lowest BCUT2D eigenvalue weighted by Crippen LogP contribution is -2.12. The van der Waals surface area contributed by atoms with Gasteiger partial charge in [-0.3, -0.25) is 9.59 Å². The third kappa shape index (κ3) is 4.28. The third-order valence-corrected chi connectivity index (χ3v) is 5.38. The van der Waals surface area contributed by atoms with Crippen LogP contribution >= 0.6 is 0 Å². The summed E-state index contributed by atoms with van der Waals surface area (Å²) in [5, 5.41) is 2.83. The fraction of sp³-hybridized carbons (Fsp3) is 0.200. The molecule has 0 saturated carbocycles. The molecule has 3 aromatic rings. The molecule has 0 aromatic heterocycles. The van der Waals surface area contributed by atoms with Gasteiger partial charge in [0.15, 0.2) is 5.78 Å². The van der Waals surface area contributed by atoms with E-state index in [1.807, 2.05) is 6.92 Å². The second-order valence-electron chi connectivity index (χ2n) is 7.53. The van der Waals surface area contributed by atoms with Crippen molar-refractivity contribution in [2.75, 3.05) is 12.4 Å². The Hall–Kier alpha value is -3.67. The van der Waals surface area contributed by atoms with Gasteiger partial charge in [0.1, 0.15) is 23.9 Å². The maximum atomic E-state index is 14.1. The molecule has 0 bridgehead atoms. The molecule has 158 valence electrons. The minimum Gasteiger partial charge on any atom is -0.497 e. The summed E-state index contributed by atoms with van der Waals surface area (Å²) in [6.07, 6.45) is 0.296. The molecule has 31 heavy (non-hydrogen) atoms. The number of ether oxygens (including phenoxy) is 2. The molecule has 1 aliphatic carbocycles. The van der Waals surface area contributed by atoms with Gasteiger partial charge in [0.2, 0.25) is 0 Å². The van der Waals surface area contributed by atoms with Gasteiger partial charge in [-0.15, -0.1) is 0 Å². The minimum absolute atomic E-state index is 0.0949. The zero-order chi connectivity index (χ0) is 22.0. The number of halogens is 1. The fourth-order valence-corrected chi connectivity index (χ4v) is 3.74. The number of hydrogen-bond donors (Lipinski definition) is 1. The van der Waals surface area contributed by atoms with Crippen LogP contribution < -0.4 is 14.8 Å². The van der Waals surface area contributed by atoms with Crippen molar-refractivity contribution in [3.8, 4) is 11.5 Å². The number of rotatable bonds is 6. The van der Waals surface area contributed by atoms with Gasteiger partial charge in [-0.25, -0.2) is 4.39 Å². The van der Waals surface area contributed by atoms with Crippen LogP contribution in [0, 0.1) is 5.82 Å². The highest BCUT2D eigenvalue weighted by Crippen LogP contribution is 2.40. The van der Waals surface area contributed by atoms with Crippen molar-refractivity contribution in [2.45, 2.75) is 25.9 Å². The average molecular weight is 419 g/mol. The van der Waals surface area contributed by atoms with Crippen molar-refractivity contribution >= 4 is 17.4 Å². The van der Waals surface area contributed by atoms with Crippen LogP contribution in [-0.2, 0) is 6.61 Å². The number of Topliss-reactive ketones (excluding diaryl/α,β-unsaturated/α-hetero) is 1. The third-order valence-electron chi connectivity index (χ3n) is 5.38. The standard InChI is InChI=1S/C25H22FNO4/c1-15-13-21(28)24-22(12-11-20(26)23(15)24)31-14-16-3-5-17(6-4-16)25(29)27-18-7-9-19(30-2)10-8-18/h3-12,15H,13-14H2,1-2H3,(H,27,29)/t15-/m1/s1. The number of methoxy groups -OCH3 is 1. The van der Waals surface area contributed by atoms with Crippen LogP contribution in [0.5, 0.6) is 11.5 Å². The number of fused-ring (bicyclic) bond motifs is 1. The lowest BCUT2D eigenvalue weighted by molar-refractivity contribution is 0.0984. The van der Waals surface area contributed by atoms with E-state index in [0.717, 1.165) is 5.56 Å². The van der Waals surface area contributed by atoms with Gasteiger partial charge in [0, 0.05) is 23.2 Å². The van der Waals surface area contributed by atoms with Gasteiger partial charge in [0.25, 0.3) is 5.91 Å². The molecule has 4 rings (SSSR count). The average Bonchev–Trinajstić information content (AvgIpc) is 3.09. The topological polar surface area (TPSA) is 64.6 Å². The molecule has 0 unspecified atom stereocenters. The van der Waals surface area contributed by atoms with E-state index in [2.05, 4.69) is 5.32 Å². The number of carbonyl (C=O) groups excluding carboxylic acids is 2. The highest BCUT2D eigenvalue weighted by Gasteiger charge is 2.32. The summed E-state index contributed by atoms with van der Waals surface area (Å²) in [4.78, 5) is 24.7. The van der Waals surface area contributed by atoms with Crippen LogP contribution in [0.25, 0.3) is 0 Å². The molecule has 0 heterocycles. The highest BCUT2D eigenvalue weighted by atomic mass is 19.1. The molecule has 3 aromatic carbocycles. The minimum atomic E-state index is -0.368. The SMILES string of the molecule is COc1ccc(NC(=O)c2ccc(COc3ccc(F)c4c3C(=O)C[C@H]4C)cc2)cc1. The van der Waals surface area contributed by atoms with Gasteiger partial charge in [-0.05, 0) is 60.0 Å². The summed E-state index contributed by atoms with van der Waals surface area (Å²) in [7, 11) is 1.58. The second-order valence-corrected chi connectivity index (χ2v) is 7.53. The van der Waals surface area contributed by atoms with Crippen molar-refractivity contribution in [2.24, 2.45) is 0 Å². The first-order valence-corrected chi connectivity index (χ1v) is 9.99. The predicted octanol–water partition coefficient (Wildman–Crippen LogP) is 5.36. The Labute approximate surface area is 179 Å². The van der Waals surface area contributed by atoms with E-state index in [1.165, 1.54) is 12.1 Å². The van der Waals surface area contributed by atoms with Crippen molar-refractivity contribution in [1.82, 2.24) is 0 Å². The number of amides is 1. The molecule has 1 N–H and O–H groups in total. The number of anilines is 1. The van der Waals surface area contributed by atoms with Crippen LogP contribution in [0.3, 0.4) is 0 Å². The Bertz CT molecular complexity index is 1120. The number of nitrogens with one attached hydrogen (secondary N) is 1.